The number of carbonyl (C=O) groups excluding carboxylic acids is 2. The second-order valence-corrected chi connectivity index (χ2v) is 16.3. The Morgan fingerprint density at radius 1 is 0.540 bits per heavy atom. The van der Waals surface area contributed by atoms with Gasteiger partial charge in [0.1, 0.15) is 6.61 Å². The Kier molecular flexibility index (Phi) is 33.0. The van der Waals surface area contributed by atoms with Crippen molar-refractivity contribution in [2.75, 3.05) is 13.2 Å². The fourth-order valence-corrected chi connectivity index (χ4v) is 7.20. The zero-order chi connectivity index (χ0) is 37.2. The van der Waals surface area contributed by atoms with Crippen molar-refractivity contribution in [3.63, 3.8) is 0 Å². The summed E-state index contributed by atoms with van der Waals surface area (Å²) in [6, 6.07) is 0. The molecule has 2 atom stereocenters. The van der Waals surface area contributed by atoms with Crippen LogP contribution in [0.3, 0.4) is 0 Å². The standard InChI is InChI=1S/C37H72O11P2/c1-3-5-7-9-11-13-15-17-18-20-22-24-26-28-30-32-37(39)47-35(34-46-50(43,44)48-49(40,41)42)33-45-36(38)31-29-27-25-23-21-19-16-14-12-10-8-6-4-2/h17-18,35H,3-16,19-34H2,1-2H3,(H,43,44)(H2,40,41,42)/b18-17-. The number of hydrogen-bond acceptors (Lipinski definition) is 8. The number of carbonyl (C=O) groups is 2. The first kappa shape index (κ1) is 48.9. The van der Waals surface area contributed by atoms with E-state index in [1.165, 1.54) is 96.3 Å². The van der Waals surface area contributed by atoms with Gasteiger partial charge >= 0.3 is 27.6 Å². The molecular formula is C37H72O11P2. The van der Waals surface area contributed by atoms with Crippen molar-refractivity contribution >= 4 is 27.6 Å². The summed E-state index contributed by atoms with van der Waals surface area (Å²) >= 11 is 0. The minimum Gasteiger partial charge on any atom is -0.462 e. The molecule has 2 unspecified atom stereocenters. The molecule has 0 aromatic carbocycles. The van der Waals surface area contributed by atoms with Crippen molar-refractivity contribution in [1.82, 2.24) is 0 Å². The molecule has 0 aliphatic rings. The smallest absolute Gasteiger partial charge is 0.462 e. The van der Waals surface area contributed by atoms with Gasteiger partial charge in [-0.25, -0.2) is 9.13 Å². The van der Waals surface area contributed by atoms with Crippen molar-refractivity contribution in [2.45, 2.75) is 200 Å². The van der Waals surface area contributed by atoms with Gasteiger partial charge in [0.2, 0.25) is 0 Å². The van der Waals surface area contributed by atoms with Gasteiger partial charge in [-0.15, -0.1) is 0 Å². The average molecular weight is 755 g/mol. The zero-order valence-electron chi connectivity index (χ0n) is 31.4. The van der Waals surface area contributed by atoms with Crippen molar-refractivity contribution < 1.29 is 51.7 Å². The number of phosphoric ester groups is 1. The molecule has 13 heteroatoms. The molecule has 0 fully saturated rings. The first-order valence-corrected chi connectivity index (χ1v) is 22.8. The summed E-state index contributed by atoms with van der Waals surface area (Å²) in [6.07, 6.45) is 33.6. The number of unbranched alkanes of at least 4 members (excludes halogenated alkanes) is 23. The molecular weight excluding hydrogens is 682 g/mol. The molecule has 0 aromatic rings. The highest BCUT2D eigenvalue weighted by atomic mass is 31.3. The highest BCUT2D eigenvalue weighted by Crippen LogP contribution is 2.57. The Labute approximate surface area is 303 Å². The second kappa shape index (κ2) is 33.8. The minimum absolute atomic E-state index is 0.108. The third kappa shape index (κ3) is 36.7. The number of esters is 2. The lowest BCUT2D eigenvalue weighted by molar-refractivity contribution is -0.161. The van der Waals surface area contributed by atoms with Crippen LogP contribution in [0.25, 0.3) is 0 Å². The molecule has 0 aliphatic carbocycles. The van der Waals surface area contributed by atoms with Crippen LogP contribution in [0.4, 0.5) is 0 Å². The first-order chi connectivity index (χ1) is 24.0. The summed E-state index contributed by atoms with van der Waals surface area (Å²) in [5.41, 5.74) is 0. The average Bonchev–Trinajstić information content (AvgIpc) is 3.05. The van der Waals surface area contributed by atoms with Gasteiger partial charge in [0.15, 0.2) is 6.10 Å². The Morgan fingerprint density at radius 2 is 0.920 bits per heavy atom. The van der Waals surface area contributed by atoms with Crippen molar-refractivity contribution in [3.8, 4) is 0 Å². The third-order valence-corrected chi connectivity index (χ3v) is 10.6. The predicted molar refractivity (Wildman–Crippen MR) is 200 cm³/mol. The number of allylic oxidation sites excluding steroid dienone is 2. The number of ether oxygens (including phenoxy) is 2. The van der Waals surface area contributed by atoms with Crippen LogP contribution in [0.1, 0.15) is 194 Å². The molecule has 0 heterocycles. The van der Waals surface area contributed by atoms with Crippen LogP contribution in [0, 0.1) is 0 Å². The van der Waals surface area contributed by atoms with E-state index in [1.54, 1.807) is 0 Å². The maximum atomic E-state index is 12.5. The summed E-state index contributed by atoms with van der Waals surface area (Å²) in [6.45, 7) is 3.28. The van der Waals surface area contributed by atoms with E-state index in [1.807, 2.05) is 0 Å². The van der Waals surface area contributed by atoms with Crippen LogP contribution >= 0.6 is 15.6 Å². The lowest BCUT2D eigenvalue weighted by atomic mass is 10.0. The third-order valence-electron chi connectivity index (χ3n) is 8.49. The van der Waals surface area contributed by atoms with Crippen LogP contribution in [-0.2, 0) is 37.0 Å². The summed E-state index contributed by atoms with van der Waals surface area (Å²) in [7, 11) is -10.5. The van der Waals surface area contributed by atoms with E-state index in [0.29, 0.717) is 12.8 Å². The van der Waals surface area contributed by atoms with Gasteiger partial charge in [0, 0.05) is 12.8 Å². The van der Waals surface area contributed by atoms with E-state index in [4.69, 9.17) is 19.3 Å². The molecule has 296 valence electrons. The molecule has 50 heavy (non-hydrogen) atoms. The highest BCUT2D eigenvalue weighted by Gasteiger charge is 2.34. The van der Waals surface area contributed by atoms with E-state index >= 15 is 0 Å². The number of rotatable bonds is 37. The highest BCUT2D eigenvalue weighted by molar-refractivity contribution is 7.60. The molecule has 0 amide bonds. The lowest BCUT2D eigenvalue weighted by Gasteiger charge is -2.20. The molecule has 0 spiro atoms. The van der Waals surface area contributed by atoms with Crippen LogP contribution in [0.5, 0.6) is 0 Å². The maximum absolute atomic E-state index is 12.5. The molecule has 11 nitrogen and oxygen atoms in total. The Hall–Kier alpha value is -1.06. The van der Waals surface area contributed by atoms with Crippen LogP contribution in [0.15, 0.2) is 12.2 Å². The Morgan fingerprint density at radius 3 is 1.34 bits per heavy atom. The van der Waals surface area contributed by atoms with Gasteiger partial charge < -0.3 is 24.2 Å². The summed E-state index contributed by atoms with van der Waals surface area (Å²) in [5.74, 6) is -1.09. The predicted octanol–water partition coefficient (Wildman–Crippen LogP) is 11.2. The SMILES string of the molecule is CCCCCCCC/C=C\CCCCCCCC(=O)OC(COC(=O)CCCCCCCCCCCCCCC)COP(=O)(O)OP(=O)(O)O. The quantitative estimate of drug-likeness (QED) is 0.0239. The van der Waals surface area contributed by atoms with E-state index < -0.39 is 46.9 Å². The van der Waals surface area contributed by atoms with E-state index in [2.05, 4.69) is 34.8 Å². The Bertz CT molecular complexity index is 938. The fourth-order valence-electron chi connectivity index (χ4n) is 5.58. The van der Waals surface area contributed by atoms with Crippen molar-refractivity contribution in [2.24, 2.45) is 0 Å². The van der Waals surface area contributed by atoms with Gasteiger partial charge in [-0.3, -0.25) is 14.1 Å². The molecule has 0 rings (SSSR count). The monoisotopic (exact) mass is 754 g/mol. The molecule has 0 aliphatic heterocycles. The van der Waals surface area contributed by atoms with Gasteiger partial charge in [0.05, 0.1) is 6.61 Å². The van der Waals surface area contributed by atoms with Gasteiger partial charge in [-0.2, -0.15) is 4.31 Å². The van der Waals surface area contributed by atoms with Gasteiger partial charge in [-0.05, 0) is 38.5 Å². The van der Waals surface area contributed by atoms with Gasteiger partial charge in [-0.1, -0.05) is 154 Å². The van der Waals surface area contributed by atoms with E-state index in [0.717, 1.165) is 57.8 Å². The van der Waals surface area contributed by atoms with Crippen LogP contribution < -0.4 is 0 Å². The molecule has 0 saturated carbocycles. The zero-order valence-corrected chi connectivity index (χ0v) is 33.2. The van der Waals surface area contributed by atoms with Crippen LogP contribution in [0.2, 0.25) is 0 Å². The fraction of sp³-hybridized carbons (Fsp3) is 0.892. The molecule has 3 N–H and O–H groups in total. The van der Waals surface area contributed by atoms with Gasteiger partial charge in [0.25, 0.3) is 0 Å². The maximum Gasteiger partial charge on any atom is 0.481 e. The summed E-state index contributed by atoms with van der Waals surface area (Å²) in [4.78, 5) is 52.1. The van der Waals surface area contributed by atoms with Crippen molar-refractivity contribution in [3.05, 3.63) is 12.2 Å². The molecule has 0 aromatic heterocycles. The molecule has 0 bridgehead atoms. The van der Waals surface area contributed by atoms with E-state index in [9.17, 15) is 23.6 Å². The molecule has 0 saturated heterocycles. The van der Waals surface area contributed by atoms with Crippen molar-refractivity contribution in [1.29, 1.82) is 0 Å². The Balaban J connectivity index is 4.29. The minimum atomic E-state index is -5.31. The van der Waals surface area contributed by atoms with E-state index in [-0.39, 0.29) is 12.8 Å². The number of phosphoric acid groups is 2. The topological polar surface area (TPSA) is 166 Å². The summed E-state index contributed by atoms with van der Waals surface area (Å²) in [5, 5.41) is 0. The summed E-state index contributed by atoms with van der Waals surface area (Å²) < 4.78 is 41.9. The largest absolute Gasteiger partial charge is 0.481 e. The normalized spacial score (nSPS) is 13.8. The second-order valence-electron chi connectivity index (χ2n) is 13.5. The lowest BCUT2D eigenvalue weighted by Crippen LogP contribution is -2.29. The first-order valence-electron chi connectivity index (χ1n) is 19.7. The van der Waals surface area contributed by atoms with Crippen LogP contribution in [-0.4, -0.2) is 45.9 Å². The molecule has 0 radical (unpaired) electrons. The number of hydrogen-bond donors (Lipinski definition) is 3.